The fourth-order valence-corrected chi connectivity index (χ4v) is 4.90. The average molecular weight is 359 g/mol. The Morgan fingerprint density at radius 2 is 1.36 bits per heavy atom. The van der Waals surface area contributed by atoms with Crippen molar-refractivity contribution in [2.75, 3.05) is 0 Å². The van der Waals surface area contributed by atoms with Gasteiger partial charge in [-0.1, -0.05) is 66.7 Å². The van der Waals surface area contributed by atoms with Crippen LogP contribution in [0.3, 0.4) is 0 Å². The summed E-state index contributed by atoms with van der Waals surface area (Å²) < 4.78 is 2.41. The molecule has 1 nitrogen and oxygen atoms in total. The lowest BCUT2D eigenvalue weighted by Gasteiger charge is -2.07. The fourth-order valence-electron chi connectivity index (χ4n) is 4.90. The molecule has 134 valence electrons. The van der Waals surface area contributed by atoms with Gasteiger partial charge >= 0.3 is 0 Å². The number of rotatable bonds is 2. The van der Waals surface area contributed by atoms with Gasteiger partial charge in [-0.25, -0.2) is 0 Å². The molecule has 0 saturated heterocycles. The number of para-hydroxylation sites is 1. The number of fused-ring (bicyclic) bond motifs is 6. The average Bonchev–Trinajstić information content (AvgIpc) is 3.28. The molecular weight excluding hydrogens is 338 g/mol. The zero-order valence-electron chi connectivity index (χ0n) is 15.9. The van der Waals surface area contributed by atoms with Gasteiger partial charge in [-0.05, 0) is 64.9 Å². The summed E-state index contributed by atoms with van der Waals surface area (Å²) in [5.41, 5.74) is 10.9. The molecule has 1 aliphatic rings. The van der Waals surface area contributed by atoms with Gasteiger partial charge in [-0.15, -0.1) is 0 Å². The zero-order valence-corrected chi connectivity index (χ0v) is 15.9. The smallest absolute Gasteiger partial charge is 0.0491 e. The molecule has 4 aromatic carbocycles. The second kappa shape index (κ2) is 5.84. The molecule has 0 spiro atoms. The van der Waals surface area contributed by atoms with Crippen LogP contribution in [0.5, 0.6) is 0 Å². The molecule has 0 aliphatic heterocycles. The summed E-state index contributed by atoms with van der Waals surface area (Å²) in [5.74, 6) is 0. The summed E-state index contributed by atoms with van der Waals surface area (Å²) in [6.07, 6.45) is 1.04. The van der Waals surface area contributed by atoms with Crippen LogP contribution in [0.15, 0.2) is 84.9 Å². The van der Waals surface area contributed by atoms with E-state index in [-0.39, 0.29) is 0 Å². The van der Waals surface area contributed by atoms with Gasteiger partial charge in [0.1, 0.15) is 0 Å². The maximum absolute atomic E-state index is 2.41. The Kier molecular flexibility index (Phi) is 3.28. The van der Waals surface area contributed by atoms with Gasteiger partial charge in [-0.2, -0.15) is 0 Å². The lowest BCUT2D eigenvalue weighted by molar-refractivity contribution is 0.827. The molecule has 0 amide bonds. The first-order chi connectivity index (χ1) is 13.8. The van der Waals surface area contributed by atoms with Crippen molar-refractivity contribution in [3.63, 3.8) is 0 Å². The van der Waals surface area contributed by atoms with Crippen molar-refractivity contribution in [3.05, 3.63) is 96.1 Å². The molecule has 0 unspecified atom stereocenters. The molecule has 0 radical (unpaired) electrons. The second-order valence-electron chi connectivity index (χ2n) is 7.70. The summed E-state index contributed by atoms with van der Waals surface area (Å²) in [7, 11) is 0. The van der Waals surface area contributed by atoms with Gasteiger partial charge < -0.3 is 4.57 Å². The summed E-state index contributed by atoms with van der Waals surface area (Å²) in [6, 6.07) is 31.4. The quantitative estimate of drug-likeness (QED) is 0.312. The van der Waals surface area contributed by atoms with E-state index in [4.69, 9.17) is 0 Å². The first kappa shape index (κ1) is 15.7. The molecule has 0 fully saturated rings. The Bertz CT molecular complexity index is 1370. The number of hydrogen-bond acceptors (Lipinski definition) is 0. The Balaban J connectivity index is 1.53. The normalized spacial score (nSPS) is 12.5. The van der Waals surface area contributed by atoms with Crippen molar-refractivity contribution in [2.24, 2.45) is 0 Å². The Morgan fingerprint density at radius 1 is 0.643 bits per heavy atom. The summed E-state index contributed by atoms with van der Waals surface area (Å²) in [5, 5.41) is 2.69. The third kappa shape index (κ3) is 2.13. The van der Waals surface area contributed by atoms with Gasteiger partial charge in [0.05, 0.1) is 0 Å². The topological polar surface area (TPSA) is 4.93 Å². The molecule has 1 heterocycles. The monoisotopic (exact) mass is 359 g/mol. The van der Waals surface area contributed by atoms with Crippen LogP contribution in [0, 0.1) is 0 Å². The fraction of sp³-hybridized carbons (Fsp3) is 0.111. The Labute approximate surface area is 164 Å². The van der Waals surface area contributed by atoms with Crippen molar-refractivity contribution in [1.82, 2.24) is 4.57 Å². The molecule has 1 aliphatic carbocycles. The summed E-state index contributed by atoms with van der Waals surface area (Å²) in [4.78, 5) is 0. The van der Waals surface area contributed by atoms with Crippen molar-refractivity contribution in [1.29, 1.82) is 0 Å². The highest BCUT2D eigenvalue weighted by Gasteiger charge is 2.18. The predicted octanol–water partition coefficient (Wildman–Crippen LogP) is 7.05. The van der Waals surface area contributed by atoms with Gasteiger partial charge in [0.2, 0.25) is 0 Å². The molecule has 1 aromatic heterocycles. The van der Waals surface area contributed by atoms with E-state index in [2.05, 4.69) is 96.4 Å². The lowest BCUT2D eigenvalue weighted by Crippen LogP contribution is -1.92. The van der Waals surface area contributed by atoms with E-state index in [0.29, 0.717) is 0 Å². The van der Waals surface area contributed by atoms with Gasteiger partial charge in [0, 0.05) is 28.4 Å². The molecule has 0 N–H and O–H groups in total. The number of benzene rings is 4. The Morgan fingerprint density at radius 3 is 2.29 bits per heavy atom. The molecule has 5 aromatic rings. The second-order valence-corrected chi connectivity index (χ2v) is 7.70. The number of hydrogen-bond donors (Lipinski definition) is 0. The van der Waals surface area contributed by atoms with E-state index >= 15 is 0 Å². The standard InChI is InChI=1S/C27H21N/c1-2-28-26-10-6-5-9-24(26)25-17-19(12-14-27(25)28)18-11-13-23-21(15-18)16-20-7-3-4-8-22(20)23/h3-15,17H,2,16H2,1H3. The van der Waals surface area contributed by atoms with Gasteiger partial charge in [0.25, 0.3) is 0 Å². The molecule has 28 heavy (non-hydrogen) atoms. The molecular formula is C27H21N. The minimum absolute atomic E-state index is 0.987. The van der Waals surface area contributed by atoms with Gasteiger partial charge in [0.15, 0.2) is 0 Å². The van der Waals surface area contributed by atoms with E-state index in [9.17, 15) is 0 Å². The van der Waals surface area contributed by atoms with Crippen molar-refractivity contribution < 1.29 is 0 Å². The number of nitrogens with zero attached hydrogens (tertiary/aromatic N) is 1. The Hall–Kier alpha value is -3.32. The number of aryl methyl sites for hydroxylation is 1. The van der Waals surface area contributed by atoms with Crippen LogP contribution in [0.4, 0.5) is 0 Å². The third-order valence-electron chi connectivity index (χ3n) is 6.22. The van der Waals surface area contributed by atoms with Crippen LogP contribution in [0.2, 0.25) is 0 Å². The van der Waals surface area contributed by atoms with E-state index in [0.717, 1.165) is 13.0 Å². The largest absolute Gasteiger partial charge is 0.341 e. The summed E-state index contributed by atoms with van der Waals surface area (Å²) >= 11 is 0. The van der Waals surface area contributed by atoms with E-state index in [1.54, 1.807) is 0 Å². The van der Waals surface area contributed by atoms with Gasteiger partial charge in [-0.3, -0.25) is 0 Å². The SMILES string of the molecule is CCn1c2ccccc2c2cc(-c3ccc4c(c3)Cc3ccccc3-4)ccc21. The van der Waals surface area contributed by atoms with E-state index in [1.165, 1.54) is 55.2 Å². The van der Waals surface area contributed by atoms with Crippen molar-refractivity contribution >= 4 is 21.8 Å². The zero-order chi connectivity index (χ0) is 18.7. The minimum Gasteiger partial charge on any atom is -0.341 e. The van der Waals surface area contributed by atoms with Crippen LogP contribution < -0.4 is 0 Å². The van der Waals surface area contributed by atoms with Crippen LogP contribution in [-0.4, -0.2) is 4.57 Å². The molecule has 0 atom stereocenters. The molecule has 0 bridgehead atoms. The highest BCUT2D eigenvalue weighted by Crippen LogP contribution is 2.39. The summed E-state index contributed by atoms with van der Waals surface area (Å²) in [6.45, 7) is 3.21. The van der Waals surface area contributed by atoms with Crippen molar-refractivity contribution in [2.45, 2.75) is 19.9 Å². The molecule has 0 saturated carbocycles. The van der Waals surface area contributed by atoms with E-state index in [1.807, 2.05) is 0 Å². The van der Waals surface area contributed by atoms with Crippen LogP contribution >= 0.6 is 0 Å². The van der Waals surface area contributed by atoms with Crippen LogP contribution in [-0.2, 0) is 13.0 Å². The van der Waals surface area contributed by atoms with E-state index < -0.39 is 0 Å². The maximum Gasteiger partial charge on any atom is 0.0491 e. The van der Waals surface area contributed by atoms with Crippen molar-refractivity contribution in [3.8, 4) is 22.3 Å². The third-order valence-corrected chi connectivity index (χ3v) is 6.22. The lowest BCUT2D eigenvalue weighted by atomic mass is 9.98. The number of aromatic nitrogens is 1. The minimum atomic E-state index is 0.987. The first-order valence-corrected chi connectivity index (χ1v) is 10.1. The predicted molar refractivity (Wildman–Crippen MR) is 119 cm³/mol. The highest BCUT2D eigenvalue weighted by molar-refractivity contribution is 6.09. The van der Waals surface area contributed by atoms with Crippen LogP contribution in [0.1, 0.15) is 18.1 Å². The van der Waals surface area contributed by atoms with Crippen LogP contribution in [0.25, 0.3) is 44.1 Å². The highest BCUT2D eigenvalue weighted by atomic mass is 15.0. The molecule has 6 rings (SSSR count). The molecule has 1 heteroatoms. The maximum atomic E-state index is 2.41. The first-order valence-electron chi connectivity index (χ1n) is 10.1.